The van der Waals surface area contributed by atoms with Crippen molar-refractivity contribution in [1.29, 1.82) is 0 Å². The summed E-state index contributed by atoms with van der Waals surface area (Å²) in [5.74, 6) is -0.772. The topological polar surface area (TPSA) is 72.2 Å². The normalized spacial score (nSPS) is 11.9. The fourth-order valence-corrected chi connectivity index (χ4v) is 1.47. The summed E-state index contributed by atoms with van der Waals surface area (Å²) in [6.45, 7) is 4.03. The molecule has 0 radical (unpaired) electrons. The van der Waals surface area contributed by atoms with Crippen LogP contribution in [0.3, 0.4) is 0 Å². The van der Waals surface area contributed by atoms with Crippen molar-refractivity contribution < 1.29 is 9.59 Å². The highest BCUT2D eigenvalue weighted by atomic mass is 16.2. The molecule has 0 unspecified atom stereocenters. The van der Waals surface area contributed by atoms with Crippen LogP contribution in [0.2, 0.25) is 0 Å². The first kappa shape index (κ1) is 14.2. The van der Waals surface area contributed by atoms with Crippen molar-refractivity contribution in [3.05, 3.63) is 35.4 Å². The van der Waals surface area contributed by atoms with Crippen LogP contribution < -0.4 is 11.1 Å². The van der Waals surface area contributed by atoms with Gasteiger partial charge < -0.3 is 11.1 Å². The van der Waals surface area contributed by atoms with Crippen molar-refractivity contribution in [2.75, 3.05) is 6.54 Å². The molecule has 0 aliphatic heterocycles. The van der Waals surface area contributed by atoms with Gasteiger partial charge in [0.05, 0.1) is 5.92 Å². The fraction of sp³-hybridized carbons (Fsp3) is 0.429. The molecule has 0 saturated carbocycles. The summed E-state index contributed by atoms with van der Waals surface area (Å²) >= 11 is 0. The van der Waals surface area contributed by atoms with E-state index in [0.717, 1.165) is 5.56 Å². The van der Waals surface area contributed by atoms with Crippen LogP contribution in [-0.2, 0) is 16.0 Å². The highest BCUT2D eigenvalue weighted by Crippen LogP contribution is 2.05. The molecular formula is C14H20N2O2. The number of benzene rings is 1. The first-order valence-electron chi connectivity index (χ1n) is 6.10. The van der Waals surface area contributed by atoms with Crippen LogP contribution in [-0.4, -0.2) is 18.4 Å². The van der Waals surface area contributed by atoms with Gasteiger partial charge in [-0.1, -0.05) is 36.8 Å². The van der Waals surface area contributed by atoms with Gasteiger partial charge >= 0.3 is 0 Å². The molecule has 1 aromatic rings. The first-order valence-corrected chi connectivity index (χ1v) is 6.10. The van der Waals surface area contributed by atoms with E-state index in [9.17, 15) is 9.59 Å². The zero-order valence-corrected chi connectivity index (χ0v) is 10.9. The molecule has 4 heteroatoms. The lowest BCUT2D eigenvalue weighted by Gasteiger charge is -2.09. The second-order valence-electron chi connectivity index (χ2n) is 4.59. The minimum Gasteiger partial charge on any atom is -0.369 e. The van der Waals surface area contributed by atoms with Crippen molar-refractivity contribution in [3.8, 4) is 0 Å². The molecule has 1 atom stereocenters. The Morgan fingerprint density at radius 3 is 2.44 bits per heavy atom. The van der Waals surface area contributed by atoms with Crippen molar-refractivity contribution in [1.82, 2.24) is 5.32 Å². The lowest BCUT2D eigenvalue weighted by molar-refractivity contribution is -0.123. The van der Waals surface area contributed by atoms with Crippen LogP contribution in [0, 0.1) is 12.8 Å². The quantitative estimate of drug-likeness (QED) is 0.793. The van der Waals surface area contributed by atoms with Crippen LogP contribution >= 0.6 is 0 Å². The molecule has 0 fully saturated rings. The molecule has 3 N–H and O–H groups in total. The number of hydrogen-bond donors (Lipinski definition) is 2. The van der Waals surface area contributed by atoms with E-state index in [-0.39, 0.29) is 11.8 Å². The molecule has 1 rings (SSSR count). The van der Waals surface area contributed by atoms with Gasteiger partial charge in [0.1, 0.15) is 0 Å². The van der Waals surface area contributed by atoms with E-state index >= 15 is 0 Å². The zero-order chi connectivity index (χ0) is 13.5. The smallest absolute Gasteiger partial charge is 0.222 e. The van der Waals surface area contributed by atoms with E-state index in [1.54, 1.807) is 6.92 Å². The first-order chi connectivity index (χ1) is 8.49. The highest BCUT2D eigenvalue weighted by molar-refractivity contribution is 5.79. The van der Waals surface area contributed by atoms with Gasteiger partial charge in [0.25, 0.3) is 0 Å². The van der Waals surface area contributed by atoms with E-state index in [4.69, 9.17) is 5.73 Å². The molecule has 0 aliphatic carbocycles. The molecule has 0 aliphatic rings. The molecule has 0 aromatic heterocycles. The predicted molar refractivity (Wildman–Crippen MR) is 70.9 cm³/mol. The average molecular weight is 248 g/mol. The third kappa shape index (κ3) is 4.99. The summed E-state index contributed by atoms with van der Waals surface area (Å²) < 4.78 is 0. The Labute approximate surface area is 108 Å². The number of primary amides is 1. The third-order valence-electron chi connectivity index (χ3n) is 2.85. The summed E-state index contributed by atoms with van der Waals surface area (Å²) in [5.41, 5.74) is 7.46. The molecule has 0 spiro atoms. The minimum atomic E-state index is -0.395. The Balaban J connectivity index is 2.29. The molecule has 1 aromatic carbocycles. The van der Waals surface area contributed by atoms with Crippen molar-refractivity contribution in [2.45, 2.75) is 26.7 Å². The molecular weight excluding hydrogens is 228 g/mol. The second kappa shape index (κ2) is 6.79. The van der Waals surface area contributed by atoms with Gasteiger partial charge in [0.2, 0.25) is 11.8 Å². The largest absolute Gasteiger partial charge is 0.369 e. The van der Waals surface area contributed by atoms with Crippen LogP contribution in [0.1, 0.15) is 24.5 Å². The number of rotatable bonds is 6. The standard InChI is InChI=1S/C14H20N2O2/c1-10-3-5-12(6-4-10)7-8-13(17)16-9-11(2)14(15)18/h3-6,11H,7-9H2,1-2H3,(H2,15,18)(H,16,17)/t11-/m1/s1. The molecule has 18 heavy (non-hydrogen) atoms. The van der Waals surface area contributed by atoms with Crippen LogP contribution in [0.25, 0.3) is 0 Å². The summed E-state index contributed by atoms with van der Waals surface area (Å²) in [7, 11) is 0. The lowest BCUT2D eigenvalue weighted by Crippen LogP contribution is -2.34. The van der Waals surface area contributed by atoms with E-state index in [0.29, 0.717) is 19.4 Å². The molecule has 2 amide bonds. The number of aryl methyl sites for hydroxylation is 2. The maximum absolute atomic E-state index is 11.5. The van der Waals surface area contributed by atoms with Gasteiger partial charge in [0.15, 0.2) is 0 Å². The summed E-state index contributed by atoms with van der Waals surface area (Å²) in [4.78, 5) is 22.3. The Morgan fingerprint density at radius 2 is 1.89 bits per heavy atom. The number of carbonyl (C=O) groups is 2. The van der Waals surface area contributed by atoms with Gasteiger partial charge in [-0.05, 0) is 18.9 Å². The lowest BCUT2D eigenvalue weighted by atomic mass is 10.1. The SMILES string of the molecule is Cc1ccc(CCC(=O)NC[C@@H](C)C(N)=O)cc1. The van der Waals surface area contributed by atoms with E-state index in [2.05, 4.69) is 5.32 Å². The maximum atomic E-state index is 11.5. The van der Waals surface area contributed by atoms with Gasteiger partial charge in [0, 0.05) is 13.0 Å². The van der Waals surface area contributed by atoms with Crippen molar-refractivity contribution in [2.24, 2.45) is 11.7 Å². The van der Waals surface area contributed by atoms with E-state index in [1.165, 1.54) is 5.56 Å². The Kier molecular flexibility index (Phi) is 5.36. The maximum Gasteiger partial charge on any atom is 0.222 e. The average Bonchev–Trinajstić information content (AvgIpc) is 2.35. The van der Waals surface area contributed by atoms with Crippen LogP contribution in [0.4, 0.5) is 0 Å². The number of nitrogens with one attached hydrogen (secondary N) is 1. The number of hydrogen-bond acceptors (Lipinski definition) is 2. The monoisotopic (exact) mass is 248 g/mol. The zero-order valence-electron chi connectivity index (χ0n) is 10.9. The summed E-state index contributed by atoms with van der Waals surface area (Å²) in [6, 6.07) is 8.11. The summed E-state index contributed by atoms with van der Waals surface area (Å²) in [5, 5.41) is 2.71. The van der Waals surface area contributed by atoms with E-state index in [1.807, 2.05) is 31.2 Å². The Morgan fingerprint density at radius 1 is 1.28 bits per heavy atom. The molecule has 4 nitrogen and oxygen atoms in total. The third-order valence-corrected chi connectivity index (χ3v) is 2.85. The molecule has 0 bridgehead atoms. The van der Waals surface area contributed by atoms with Gasteiger partial charge in [-0.15, -0.1) is 0 Å². The van der Waals surface area contributed by atoms with E-state index < -0.39 is 5.91 Å². The van der Waals surface area contributed by atoms with Gasteiger partial charge in [-0.25, -0.2) is 0 Å². The molecule has 98 valence electrons. The van der Waals surface area contributed by atoms with Crippen LogP contribution in [0.5, 0.6) is 0 Å². The fourth-order valence-electron chi connectivity index (χ4n) is 1.47. The highest BCUT2D eigenvalue weighted by Gasteiger charge is 2.10. The van der Waals surface area contributed by atoms with Gasteiger partial charge in [-0.3, -0.25) is 9.59 Å². The van der Waals surface area contributed by atoms with Crippen LogP contribution in [0.15, 0.2) is 24.3 Å². The van der Waals surface area contributed by atoms with Crippen molar-refractivity contribution >= 4 is 11.8 Å². The summed E-state index contributed by atoms with van der Waals surface area (Å²) in [6.07, 6.45) is 1.13. The predicted octanol–water partition coefficient (Wildman–Crippen LogP) is 1.17. The Bertz CT molecular complexity index is 412. The number of carbonyl (C=O) groups excluding carboxylic acids is 2. The minimum absolute atomic E-state index is 0.0522. The number of amides is 2. The number of nitrogens with two attached hydrogens (primary N) is 1. The second-order valence-corrected chi connectivity index (χ2v) is 4.59. The molecule has 0 heterocycles. The Hall–Kier alpha value is -1.84. The van der Waals surface area contributed by atoms with Gasteiger partial charge in [-0.2, -0.15) is 0 Å². The van der Waals surface area contributed by atoms with Crippen molar-refractivity contribution in [3.63, 3.8) is 0 Å². The molecule has 0 saturated heterocycles.